The minimum absolute atomic E-state index is 0.457. The second kappa shape index (κ2) is 3.81. The molecule has 0 aromatic heterocycles. The minimum Gasteiger partial charge on any atom is -0.497 e. The van der Waals surface area contributed by atoms with E-state index in [0.29, 0.717) is 11.8 Å². The fourth-order valence-corrected chi connectivity index (χ4v) is 2.63. The number of oxime groups is 1. The van der Waals surface area contributed by atoms with Gasteiger partial charge in [-0.05, 0) is 30.5 Å². The summed E-state index contributed by atoms with van der Waals surface area (Å²) in [7, 11) is 1.69. The second-order valence-electron chi connectivity index (χ2n) is 4.41. The van der Waals surface area contributed by atoms with Crippen molar-refractivity contribution in [1.82, 2.24) is 0 Å². The Morgan fingerprint density at radius 3 is 2.81 bits per heavy atom. The normalized spacial score (nSPS) is 27.2. The highest BCUT2D eigenvalue weighted by Gasteiger charge is 2.37. The molecule has 3 nitrogen and oxygen atoms in total. The summed E-state index contributed by atoms with van der Waals surface area (Å²) >= 11 is 0. The average molecular weight is 217 g/mol. The van der Waals surface area contributed by atoms with Crippen LogP contribution in [-0.4, -0.2) is 19.4 Å². The lowest BCUT2D eigenvalue weighted by molar-refractivity contribution is 0.151. The fourth-order valence-electron chi connectivity index (χ4n) is 2.63. The van der Waals surface area contributed by atoms with E-state index in [1.165, 1.54) is 24.1 Å². The van der Waals surface area contributed by atoms with Gasteiger partial charge in [-0.25, -0.2) is 0 Å². The smallest absolute Gasteiger partial charge is 0.125 e. The number of rotatable bonds is 2. The lowest BCUT2D eigenvalue weighted by Gasteiger charge is -2.10. The lowest BCUT2D eigenvalue weighted by Crippen LogP contribution is -2.10. The van der Waals surface area contributed by atoms with Crippen molar-refractivity contribution < 1.29 is 9.57 Å². The Morgan fingerprint density at radius 1 is 1.25 bits per heavy atom. The molecule has 0 N–H and O–H groups in total. The van der Waals surface area contributed by atoms with Gasteiger partial charge in [0.1, 0.15) is 12.4 Å². The van der Waals surface area contributed by atoms with Gasteiger partial charge in [0.05, 0.1) is 12.8 Å². The van der Waals surface area contributed by atoms with E-state index in [-0.39, 0.29) is 0 Å². The molecule has 1 aliphatic carbocycles. The van der Waals surface area contributed by atoms with Crippen LogP contribution in [0.2, 0.25) is 0 Å². The largest absolute Gasteiger partial charge is 0.497 e. The van der Waals surface area contributed by atoms with E-state index in [2.05, 4.69) is 17.3 Å². The molecule has 0 unspecified atom stereocenters. The third-order valence-corrected chi connectivity index (χ3v) is 3.54. The zero-order valence-electron chi connectivity index (χ0n) is 9.35. The lowest BCUT2D eigenvalue weighted by atomic mass is 9.95. The number of hydrogen-bond donors (Lipinski definition) is 0. The van der Waals surface area contributed by atoms with Gasteiger partial charge < -0.3 is 9.57 Å². The summed E-state index contributed by atoms with van der Waals surface area (Å²) < 4.78 is 5.16. The Labute approximate surface area is 95.1 Å². The second-order valence-corrected chi connectivity index (χ2v) is 4.41. The summed E-state index contributed by atoms with van der Waals surface area (Å²) in [5.41, 5.74) is 2.57. The SMILES string of the molecule is COc1ccc([C@H]2CC[C@H]3CON=C32)cc1. The van der Waals surface area contributed by atoms with Crippen molar-refractivity contribution in [1.29, 1.82) is 0 Å². The maximum Gasteiger partial charge on any atom is 0.125 e. The highest BCUT2D eigenvalue weighted by Crippen LogP contribution is 2.39. The molecule has 0 spiro atoms. The van der Waals surface area contributed by atoms with Crippen LogP contribution in [0.15, 0.2) is 29.4 Å². The molecular weight excluding hydrogens is 202 g/mol. The predicted molar refractivity (Wildman–Crippen MR) is 61.8 cm³/mol. The third-order valence-electron chi connectivity index (χ3n) is 3.54. The van der Waals surface area contributed by atoms with Crippen molar-refractivity contribution in [3.8, 4) is 5.75 Å². The molecule has 3 heteroatoms. The van der Waals surface area contributed by atoms with Crippen molar-refractivity contribution in [2.45, 2.75) is 18.8 Å². The van der Waals surface area contributed by atoms with Gasteiger partial charge in [-0.3, -0.25) is 0 Å². The van der Waals surface area contributed by atoms with Gasteiger partial charge in [0, 0.05) is 11.8 Å². The maximum atomic E-state index is 5.17. The Hall–Kier alpha value is -1.51. The molecule has 0 saturated heterocycles. The molecular formula is C13H15NO2. The van der Waals surface area contributed by atoms with Crippen LogP contribution in [0.3, 0.4) is 0 Å². The summed E-state index contributed by atoms with van der Waals surface area (Å²) in [4.78, 5) is 5.17. The van der Waals surface area contributed by atoms with E-state index >= 15 is 0 Å². The first-order chi connectivity index (χ1) is 7.88. The zero-order chi connectivity index (χ0) is 11.0. The molecule has 1 fully saturated rings. The van der Waals surface area contributed by atoms with E-state index < -0.39 is 0 Å². The van der Waals surface area contributed by atoms with E-state index in [1.807, 2.05) is 12.1 Å². The average Bonchev–Trinajstić information content (AvgIpc) is 2.91. The summed E-state index contributed by atoms with van der Waals surface area (Å²) in [5, 5.41) is 4.18. The number of benzene rings is 1. The van der Waals surface area contributed by atoms with Crippen LogP contribution in [-0.2, 0) is 4.84 Å². The van der Waals surface area contributed by atoms with Crippen molar-refractivity contribution in [2.24, 2.45) is 11.1 Å². The van der Waals surface area contributed by atoms with Gasteiger partial charge in [0.25, 0.3) is 0 Å². The summed E-state index contributed by atoms with van der Waals surface area (Å²) in [6.07, 6.45) is 2.40. The van der Waals surface area contributed by atoms with E-state index in [0.717, 1.165) is 12.4 Å². The van der Waals surface area contributed by atoms with Crippen LogP contribution >= 0.6 is 0 Å². The standard InChI is InChI=1S/C13H15NO2/c1-15-11-5-2-9(3-6-11)12-7-4-10-8-16-14-13(10)12/h2-3,5-6,10,12H,4,7-8H2,1H3/t10-,12+/m0/s1. The first kappa shape index (κ1) is 9.70. The third kappa shape index (κ3) is 1.47. The van der Waals surface area contributed by atoms with Crippen LogP contribution in [0.4, 0.5) is 0 Å². The van der Waals surface area contributed by atoms with Gasteiger partial charge in [-0.2, -0.15) is 0 Å². The molecule has 2 atom stereocenters. The molecule has 84 valence electrons. The highest BCUT2D eigenvalue weighted by atomic mass is 16.6. The first-order valence-corrected chi connectivity index (χ1v) is 5.72. The topological polar surface area (TPSA) is 30.8 Å². The Kier molecular flexibility index (Phi) is 2.31. The number of nitrogens with zero attached hydrogens (tertiary/aromatic N) is 1. The van der Waals surface area contributed by atoms with E-state index in [4.69, 9.17) is 9.57 Å². The maximum absolute atomic E-state index is 5.17. The van der Waals surface area contributed by atoms with Gasteiger partial charge in [0.2, 0.25) is 0 Å². The van der Waals surface area contributed by atoms with Crippen LogP contribution in [0.1, 0.15) is 24.3 Å². The number of ether oxygens (including phenoxy) is 1. The molecule has 0 amide bonds. The predicted octanol–water partition coefficient (Wildman–Crippen LogP) is 2.58. The summed E-state index contributed by atoms with van der Waals surface area (Å²) in [5.74, 6) is 1.92. The highest BCUT2D eigenvalue weighted by molar-refractivity contribution is 5.95. The molecule has 3 rings (SSSR count). The summed E-state index contributed by atoms with van der Waals surface area (Å²) in [6, 6.07) is 8.29. The molecule has 16 heavy (non-hydrogen) atoms. The number of hydrogen-bond acceptors (Lipinski definition) is 3. The Bertz CT molecular complexity index is 410. The van der Waals surface area contributed by atoms with E-state index in [1.54, 1.807) is 7.11 Å². The van der Waals surface area contributed by atoms with Crippen LogP contribution in [0.5, 0.6) is 5.75 Å². The van der Waals surface area contributed by atoms with E-state index in [9.17, 15) is 0 Å². The Balaban J connectivity index is 1.86. The van der Waals surface area contributed by atoms with Gasteiger partial charge in [-0.15, -0.1) is 0 Å². The molecule has 1 saturated carbocycles. The monoisotopic (exact) mass is 217 g/mol. The summed E-state index contributed by atoms with van der Waals surface area (Å²) in [6.45, 7) is 0.780. The molecule has 0 radical (unpaired) electrons. The fraction of sp³-hybridized carbons (Fsp3) is 0.462. The quantitative estimate of drug-likeness (QED) is 0.762. The van der Waals surface area contributed by atoms with Crippen molar-refractivity contribution in [3.05, 3.63) is 29.8 Å². The van der Waals surface area contributed by atoms with Gasteiger partial charge in [0.15, 0.2) is 0 Å². The zero-order valence-corrected chi connectivity index (χ0v) is 9.35. The van der Waals surface area contributed by atoms with Gasteiger partial charge in [-0.1, -0.05) is 17.3 Å². The first-order valence-electron chi connectivity index (χ1n) is 5.72. The van der Waals surface area contributed by atoms with Crippen molar-refractivity contribution >= 4 is 5.71 Å². The molecule has 1 aromatic rings. The molecule has 0 bridgehead atoms. The van der Waals surface area contributed by atoms with Crippen LogP contribution < -0.4 is 4.74 Å². The molecule has 1 aromatic carbocycles. The Morgan fingerprint density at radius 2 is 2.06 bits per heavy atom. The molecule has 1 heterocycles. The molecule has 1 aliphatic heterocycles. The number of fused-ring (bicyclic) bond motifs is 1. The van der Waals surface area contributed by atoms with Gasteiger partial charge >= 0.3 is 0 Å². The van der Waals surface area contributed by atoms with Crippen LogP contribution in [0, 0.1) is 5.92 Å². The number of methoxy groups -OCH3 is 1. The van der Waals surface area contributed by atoms with Crippen molar-refractivity contribution in [2.75, 3.05) is 13.7 Å². The van der Waals surface area contributed by atoms with Crippen molar-refractivity contribution in [3.63, 3.8) is 0 Å². The minimum atomic E-state index is 0.457. The van der Waals surface area contributed by atoms with Crippen LogP contribution in [0.25, 0.3) is 0 Å². The molecule has 2 aliphatic rings.